The van der Waals surface area contributed by atoms with Crippen molar-refractivity contribution < 1.29 is 9.47 Å². The minimum Gasteiger partial charge on any atom is -0.481 e. The third kappa shape index (κ3) is 3.32. The summed E-state index contributed by atoms with van der Waals surface area (Å²) in [7, 11) is 2.63. The Kier molecular flexibility index (Phi) is 4.14. The molecule has 0 aliphatic rings. The van der Waals surface area contributed by atoms with Gasteiger partial charge < -0.3 is 26.3 Å². The number of rotatable bonds is 3. The molecule has 0 rings (SSSR count). The lowest BCUT2D eigenvalue weighted by molar-refractivity contribution is 0.280. The molecule has 0 spiro atoms. The van der Waals surface area contributed by atoms with Crippen LogP contribution < -0.4 is 16.8 Å². The molecule has 0 aromatic carbocycles. The van der Waals surface area contributed by atoms with Crippen LogP contribution in [0.2, 0.25) is 0 Å². The predicted octanol–water partition coefficient (Wildman–Crippen LogP) is -1.13. The van der Waals surface area contributed by atoms with E-state index >= 15 is 0 Å². The highest BCUT2D eigenvalue weighted by Gasteiger charge is 2.11. The van der Waals surface area contributed by atoms with Crippen LogP contribution in [0.3, 0.4) is 0 Å². The van der Waals surface area contributed by atoms with E-state index < -0.39 is 0 Å². The smallest absolute Gasteiger partial charge is 0.235 e. The van der Waals surface area contributed by atoms with Gasteiger partial charge >= 0.3 is 0 Å². The molecule has 0 bridgehead atoms. The Morgan fingerprint density at radius 3 is 2.00 bits per heavy atom. The number of hydrogen-bond donors (Lipinski definition) is 5. The third-order valence-corrected chi connectivity index (χ3v) is 1.16. The van der Waals surface area contributed by atoms with E-state index in [0.29, 0.717) is 0 Å². The first-order chi connectivity index (χ1) is 6.02. The second-order valence-corrected chi connectivity index (χ2v) is 2.02. The predicted molar refractivity (Wildman–Crippen MR) is 48.0 cm³/mol. The van der Waals surface area contributed by atoms with Crippen molar-refractivity contribution in [3.05, 3.63) is 11.6 Å². The molecule has 0 radical (unpaired) electrons. The van der Waals surface area contributed by atoms with Crippen molar-refractivity contribution in [2.45, 2.75) is 0 Å². The van der Waals surface area contributed by atoms with Gasteiger partial charge in [-0.15, -0.1) is 0 Å². The van der Waals surface area contributed by atoms with Gasteiger partial charge in [-0.2, -0.15) is 0 Å². The van der Waals surface area contributed by atoms with Gasteiger partial charge in [0.05, 0.1) is 14.2 Å². The lowest BCUT2D eigenvalue weighted by Crippen LogP contribution is -2.35. The number of nitrogens with one attached hydrogen (secondary N) is 3. The van der Waals surface area contributed by atoms with Crippen LogP contribution in [-0.4, -0.2) is 26.1 Å². The molecule has 0 saturated heterocycles. The van der Waals surface area contributed by atoms with Crippen molar-refractivity contribution in [1.82, 2.24) is 5.32 Å². The molecule has 0 aliphatic carbocycles. The number of methoxy groups -OCH3 is 2. The highest BCUT2D eigenvalue weighted by Crippen LogP contribution is 1.98. The molecular formula is C6H13N5O2. The molecule has 0 aliphatic heterocycles. The van der Waals surface area contributed by atoms with Gasteiger partial charge in [-0.3, -0.25) is 10.8 Å². The van der Waals surface area contributed by atoms with E-state index in [2.05, 4.69) is 14.8 Å². The molecule has 74 valence electrons. The van der Waals surface area contributed by atoms with Crippen molar-refractivity contribution in [3.8, 4) is 0 Å². The Bertz CT molecular complexity index is 247. The van der Waals surface area contributed by atoms with Crippen LogP contribution in [-0.2, 0) is 9.47 Å². The first-order valence-electron chi connectivity index (χ1n) is 3.30. The van der Waals surface area contributed by atoms with Gasteiger partial charge in [0.25, 0.3) is 0 Å². The Morgan fingerprint density at radius 1 is 1.15 bits per heavy atom. The molecule has 13 heavy (non-hydrogen) atoms. The number of nitrogens with two attached hydrogens (primary N) is 2. The largest absolute Gasteiger partial charge is 0.481 e. The molecule has 7 heteroatoms. The summed E-state index contributed by atoms with van der Waals surface area (Å²) >= 11 is 0. The second kappa shape index (κ2) is 4.86. The van der Waals surface area contributed by atoms with Gasteiger partial charge in [0.1, 0.15) is 0 Å². The average molecular weight is 187 g/mol. The Balaban J connectivity index is 4.75. The zero-order valence-electron chi connectivity index (χ0n) is 7.47. The second-order valence-electron chi connectivity index (χ2n) is 2.02. The molecule has 0 amide bonds. The molecule has 0 saturated carbocycles. The highest BCUT2D eigenvalue weighted by atomic mass is 16.5. The zero-order valence-corrected chi connectivity index (χ0v) is 7.47. The topological polar surface area (TPSA) is 130 Å². The van der Waals surface area contributed by atoms with Crippen molar-refractivity contribution in [2.75, 3.05) is 14.2 Å². The maximum Gasteiger partial charge on any atom is 0.235 e. The van der Waals surface area contributed by atoms with Crippen LogP contribution in [0.15, 0.2) is 11.6 Å². The van der Waals surface area contributed by atoms with Gasteiger partial charge in [-0.1, -0.05) is 0 Å². The molecule has 0 fully saturated rings. The van der Waals surface area contributed by atoms with E-state index in [1.165, 1.54) is 14.2 Å². The summed E-state index contributed by atoms with van der Waals surface area (Å²) in [6.07, 6.45) is 0. The lowest BCUT2D eigenvalue weighted by Gasteiger charge is -2.11. The van der Waals surface area contributed by atoms with Gasteiger partial charge in [0.2, 0.25) is 11.8 Å². The van der Waals surface area contributed by atoms with Crippen molar-refractivity contribution in [2.24, 2.45) is 11.5 Å². The third-order valence-electron chi connectivity index (χ3n) is 1.16. The minimum absolute atomic E-state index is 0.0255. The Labute approximate surface area is 75.7 Å². The summed E-state index contributed by atoms with van der Waals surface area (Å²) < 4.78 is 9.24. The van der Waals surface area contributed by atoms with Crippen LogP contribution >= 0.6 is 0 Å². The van der Waals surface area contributed by atoms with E-state index in [4.69, 9.17) is 22.3 Å². The quantitative estimate of drug-likeness (QED) is 0.217. The fourth-order valence-corrected chi connectivity index (χ4v) is 0.569. The Hall–Kier alpha value is -1.92. The van der Waals surface area contributed by atoms with Crippen LogP contribution in [0.25, 0.3) is 0 Å². The fourth-order valence-electron chi connectivity index (χ4n) is 0.569. The number of ether oxygens (including phenoxy) is 2. The SMILES string of the molecule is COC(=N)/C(NC(=N)N)=C(\N)OC. The first kappa shape index (κ1) is 11.1. The summed E-state index contributed by atoms with van der Waals surface area (Å²) in [5, 5.41) is 16.5. The maximum absolute atomic E-state index is 7.27. The molecule has 0 aromatic rings. The summed E-state index contributed by atoms with van der Waals surface area (Å²) in [5.74, 6) is -0.673. The number of hydrogen-bond acceptors (Lipinski definition) is 5. The normalized spacial score (nSPS) is 11.2. The van der Waals surface area contributed by atoms with Crippen LogP contribution in [0.4, 0.5) is 0 Å². The molecule has 0 aromatic heterocycles. The molecule has 7 N–H and O–H groups in total. The maximum atomic E-state index is 7.27. The molecule has 0 unspecified atom stereocenters. The lowest BCUT2D eigenvalue weighted by atomic mass is 10.4. The van der Waals surface area contributed by atoms with Gasteiger partial charge in [-0.05, 0) is 0 Å². The highest BCUT2D eigenvalue weighted by molar-refractivity contribution is 5.95. The van der Waals surface area contributed by atoms with Gasteiger partial charge in [-0.25, -0.2) is 0 Å². The fraction of sp³-hybridized carbons (Fsp3) is 0.333. The van der Waals surface area contributed by atoms with Crippen LogP contribution in [0, 0.1) is 10.8 Å². The van der Waals surface area contributed by atoms with Crippen molar-refractivity contribution >= 4 is 11.9 Å². The Morgan fingerprint density at radius 2 is 1.69 bits per heavy atom. The van der Waals surface area contributed by atoms with Gasteiger partial charge in [0.15, 0.2) is 11.7 Å². The standard InChI is InChI=1S/C6H13N5O2/c1-12-4(7)3(5(8)13-2)11-6(9)10/h7H,8H2,1-2H3,(H4,9,10,11)/b5-3-,7-4?. The summed E-state index contributed by atoms with van der Waals surface area (Å²) in [6.45, 7) is 0. The molecule has 0 atom stereocenters. The molecule has 0 heterocycles. The zero-order chi connectivity index (χ0) is 10.4. The molecular weight excluding hydrogens is 174 g/mol. The summed E-state index contributed by atoms with van der Waals surface area (Å²) in [5.41, 5.74) is 10.4. The van der Waals surface area contributed by atoms with E-state index in [1.54, 1.807) is 0 Å². The van der Waals surface area contributed by atoms with E-state index in [0.717, 1.165) is 0 Å². The first-order valence-corrected chi connectivity index (χ1v) is 3.30. The van der Waals surface area contributed by atoms with Crippen LogP contribution in [0.5, 0.6) is 0 Å². The van der Waals surface area contributed by atoms with Crippen molar-refractivity contribution in [1.29, 1.82) is 10.8 Å². The monoisotopic (exact) mass is 187 g/mol. The van der Waals surface area contributed by atoms with E-state index in [9.17, 15) is 0 Å². The van der Waals surface area contributed by atoms with Crippen molar-refractivity contribution in [3.63, 3.8) is 0 Å². The van der Waals surface area contributed by atoms with E-state index in [-0.39, 0.29) is 23.4 Å². The van der Waals surface area contributed by atoms with Gasteiger partial charge in [0, 0.05) is 0 Å². The minimum atomic E-state index is -0.350. The molecule has 7 nitrogen and oxygen atoms in total. The summed E-state index contributed by atoms with van der Waals surface area (Å²) in [4.78, 5) is 0. The average Bonchev–Trinajstić information content (AvgIpc) is 2.11. The summed E-state index contributed by atoms with van der Waals surface area (Å²) in [6, 6.07) is 0. The number of guanidine groups is 1. The van der Waals surface area contributed by atoms with Crippen LogP contribution in [0.1, 0.15) is 0 Å². The van der Waals surface area contributed by atoms with E-state index in [1.807, 2.05) is 0 Å².